The number of benzene rings is 1. The van der Waals surface area contributed by atoms with Crippen molar-refractivity contribution in [2.24, 2.45) is 5.92 Å². The van der Waals surface area contributed by atoms with Gasteiger partial charge in [0.15, 0.2) is 0 Å². The summed E-state index contributed by atoms with van der Waals surface area (Å²) in [5.41, 5.74) is 1.24. The Kier molecular flexibility index (Phi) is 6.10. The Morgan fingerprint density at radius 1 is 1.38 bits per heavy atom. The second kappa shape index (κ2) is 8.07. The van der Waals surface area contributed by atoms with Gasteiger partial charge in [-0.2, -0.15) is 0 Å². The van der Waals surface area contributed by atoms with Crippen LogP contribution in [-0.4, -0.2) is 24.2 Å². The molecule has 2 rings (SSSR count). The van der Waals surface area contributed by atoms with Gasteiger partial charge in [-0.05, 0) is 37.0 Å². The van der Waals surface area contributed by atoms with Crippen molar-refractivity contribution < 1.29 is 9.90 Å². The zero-order valence-corrected chi connectivity index (χ0v) is 12.7. The second-order valence-electron chi connectivity index (χ2n) is 5.33. The van der Waals surface area contributed by atoms with Crippen LogP contribution in [0.2, 0.25) is 5.02 Å². The molecule has 0 unspecified atom stereocenters. The Morgan fingerprint density at radius 3 is 2.81 bits per heavy atom. The van der Waals surface area contributed by atoms with Crippen molar-refractivity contribution in [2.45, 2.75) is 32.1 Å². The van der Waals surface area contributed by atoms with Gasteiger partial charge >= 0.3 is 0 Å². The molecule has 1 fully saturated rings. The lowest BCUT2D eigenvalue weighted by atomic mass is 10.1. The molecule has 1 saturated carbocycles. The zero-order valence-electron chi connectivity index (χ0n) is 12.0. The van der Waals surface area contributed by atoms with Crippen LogP contribution < -0.4 is 5.32 Å². The van der Waals surface area contributed by atoms with Crippen LogP contribution in [0, 0.1) is 17.8 Å². The summed E-state index contributed by atoms with van der Waals surface area (Å²) >= 11 is 6.13. The molecule has 0 saturated heterocycles. The molecule has 0 bridgehead atoms. The molecule has 21 heavy (non-hydrogen) atoms. The zero-order chi connectivity index (χ0) is 15.1. The summed E-state index contributed by atoms with van der Waals surface area (Å²) in [6.45, 7) is 0.779. The monoisotopic (exact) mass is 305 g/mol. The van der Waals surface area contributed by atoms with E-state index < -0.39 is 0 Å². The molecule has 4 heteroatoms. The van der Waals surface area contributed by atoms with Gasteiger partial charge in [-0.15, -0.1) is 0 Å². The molecule has 0 aromatic heterocycles. The smallest absolute Gasteiger partial charge is 0.251 e. The van der Waals surface area contributed by atoms with Crippen LogP contribution >= 0.6 is 11.6 Å². The summed E-state index contributed by atoms with van der Waals surface area (Å²) in [6, 6.07) is 5.13. The van der Waals surface area contributed by atoms with Gasteiger partial charge in [0.2, 0.25) is 0 Å². The van der Waals surface area contributed by atoms with Crippen LogP contribution in [0.4, 0.5) is 0 Å². The first-order valence-electron chi connectivity index (χ1n) is 7.38. The summed E-state index contributed by atoms with van der Waals surface area (Å²) in [5.74, 6) is 6.24. The van der Waals surface area contributed by atoms with E-state index in [0.717, 1.165) is 6.54 Å². The lowest BCUT2D eigenvalue weighted by Crippen LogP contribution is -2.28. The van der Waals surface area contributed by atoms with Crippen LogP contribution in [-0.2, 0) is 0 Å². The summed E-state index contributed by atoms with van der Waals surface area (Å²) in [7, 11) is 0. The molecular weight excluding hydrogens is 286 g/mol. The van der Waals surface area contributed by atoms with Crippen molar-refractivity contribution in [3.63, 3.8) is 0 Å². The van der Waals surface area contributed by atoms with Crippen LogP contribution in [0.5, 0.6) is 0 Å². The number of carbonyl (C=O) groups excluding carboxylic acids is 1. The molecule has 1 aromatic carbocycles. The van der Waals surface area contributed by atoms with E-state index in [4.69, 9.17) is 16.7 Å². The molecule has 1 aliphatic rings. The predicted molar refractivity (Wildman–Crippen MR) is 84.3 cm³/mol. The van der Waals surface area contributed by atoms with Gasteiger partial charge in [-0.25, -0.2) is 0 Å². The van der Waals surface area contributed by atoms with E-state index in [9.17, 15) is 4.79 Å². The molecule has 0 aliphatic heterocycles. The van der Waals surface area contributed by atoms with Crippen molar-refractivity contribution in [1.82, 2.24) is 5.32 Å². The lowest BCUT2D eigenvalue weighted by molar-refractivity contribution is 0.0947. The first kappa shape index (κ1) is 15.9. The van der Waals surface area contributed by atoms with E-state index >= 15 is 0 Å². The fourth-order valence-electron chi connectivity index (χ4n) is 2.52. The van der Waals surface area contributed by atoms with Crippen LogP contribution in [0.1, 0.15) is 48.0 Å². The van der Waals surface area contributed by atoms with E-state index in [1.807, 2.05) is 0 Å². The minimum absolute atomic E-state index is 0.0340. The Labute approximate surface area is 130 Å². The molecule has 1 amide bonds. The first-order chi connectivity index (χ1) is 10.2. The van der Waals surface area contributed by atoms with Gasteiger partial charge in [0, 0.05) is 24.1 Å². The standard InChI is InChI=1S/C17H20ClNO2/c18-16-11-15(9-8-14(16)7-3-4-10-20)17(21)19-12-13-5-1-2-6-13/h8-9,11,13,20H,1-2,4-6,10,12H2,(H,19,21). The Balaban J connectivity index is 1.95. The summed E-state index contributed by atoms with van der Waals surface area (Å²) in [5, 5.41) is 12.1. The third kappa shape index (κ3) is 4.77. The molecule has 2 N–H and O–H groups in total. The van der Waals surface area contributed by atoms with E-state index in [-0.39, 0.29) is 12.5 Å². The van der Waals surface area contributed by atoms with Crippen molar-refractivity contribution in [3.05, 3.63) is 34.3 Å². The first-order valence-corrected chi connectivity index (χ1v) is 7.76. The number of nitrogens with one attached hydrogen (secondary N) is 1. The molecule has 1 aliphatic carbocycles. The highest BCUT2D eigenvalue weighted by atomic mass is 35.5. The third-order valence-corrected chi connectivity index (χ3v) is 4.03. The minimum Gasteiger partial charge on any atom is -0.395 e. The molecular formula is C17H20ClNO2. The molecule has 1 aromatic rings. The number of hydrogen-bond donors (Lipinski definition) is 2. The average molecular weight is 306 g/mol. The average Bonchev–Trinajstić information content (AvgIpc) is 3.00. The van der Waals surface area contributed by atoms with Crippen molar-refractivity contribution in [2.75, 3.05) is 13.2 Å². The minimum atomic E-state index is -0.0846. The van der Waals surface area contributed by atoms with Crippen LogP contribution in [0.3, 0.4) is 0 Å². The number of carbonyl (C=O) groups is 1. The lowest BCUT2D eigenvalue weighted by Gasteiger charge is -2.11. The summed E-state index contributed by atoms with van der Waals surface area (Å²) in [4.78, 5) is 12.1. The predicted octanol–water partition coefficient (Wildman–Crippen LogP) is 2.99. The largest absolute Gasteiger partial charge is 0.395 e. The molecule has 0 atom stereocenters. The Morgan fingerprint density at radius 2 is 2.14 bits per heavy atom. The van der Waals surface area contributed by atoms with E-state index in [1.54, 1.807) is 18.2 Å². The SMILES string of the molecule is O=C(NCC1CCCC1)c1ccc(C#CCCO)c(Cl)c1. The van der Waals surface area contributed by atoms with Crippen molar-refractivity contribution >= 4 is 17.5 Å². The maximum Gasteiger partial charge on any atom is 0.251 e. The van der Waals surface area contributed by atoms with Crippen molar-refractivity contribution in [3.8, 4) is 11.8 Å². The number of hydrogen-bond acceptors (Lipinski definition) is 2. The molecule has 3 nitrogen and oxygen atoms in total. The second-order valence-corrected chi connectivity index (χ2v) is 5.74. The van der Waals surface area contributed by atoms with Gasteiger partial charge in [-0.1, -0.05) is 36.3 Å². The summed E-state index contributed by atoms with van der Waals surface area (Å²) in [6.07, 6.45) is 5.38. The number of halogens is 1. The van der Waals surface area contributed by atoms with E-state index in [0.29, 0.717) is 28.5 Å². The van der Waals surface area contributed by atoms with E-state index in [1.165, 1.54) is 25.7 Å². The maximum absolute atomic E-state index is 12.1. The topological polar surface area (TPSA) is 49.3 Å². The fourth-order valence-corrected chi connectivity index (χ4v) is 2.75. The maximum atomic E-state index is 12.1. The van der Waals surface area contributed by atoms with Gasteiger partial charge in [0.25, 0.3) is 5.91 Å². The van der Waals surface area contributed by atoms with Crippen LogP contribution in [0.25, 0.3) is 0 Å². The highest BCUT2D eigenvalue weighted by molar-refractivity contribution is 6.32. The van der Waals surface area contributed by atoms with Gasteiger partial charge < -0.3 is 10.4 Å². The number of aliphatic hydroxyl groups is 1. The molecule has 112 valence electrons. The molecule has 0 heterocycles. The third-order valence-electron chi connectivity index (χ3n) is 3.72. The van der Waals surface area contributed by atoms with Gasteiger partial charge in [0.1, 0.15) is 0 Å². The number of aliphatic hydroxyl groups excluding tert-OH is 1. The van der Waals surface area contributed by atoms with Gasteiger partial charge in [-0.3, -0.25) is 4.79 Å². The highest BCUT2D eigenvalue weighted by Gasteiger charge is 2.16. The quantitative estimate of drug-likeness (QED) is 0.840. The van der Waals surface area contributed by atoms with Crippen LogP contribution in [0.15, 0.2) is 18.2 Å². The Bertz CT molecular complexity index is 554. The van der Waals surface area contributed by atoms with Crippen molar-refractivity contribution in [1.29, 1.82) is 0 Å². The number of amides is 1. The molecule has 0 radical (unpaired) electrons. The highest BCUT2D eigenvalue weighted by Crippen LogP contribution is 2.24. The normalized spacial score (nSPS) is 14.6. The Hall–Kier alpha value is -1.50. The number of rotatable bonds is 4. The van der Waals surface area contributed by atoms with Gasteiger partial charge in [0.05, 0.1) is 11.6 Å². The van der Waals surface area contributed by atoms with E-state index in [2.05, 4.69) is 17.2 Å². The summed E-state index contributed by atoms with van der Waals surface area (Å²) < 4.78 is 0. The molecule has 0 spiro atoms. The fraction of sp³-hybridized carbons (Fsp3) is 0.471.